The zero-order valence-corrected chi connectivity index (χ0v) is 10.4. The Hall–Kier alpha value is -1.30. The molecule has 6 heteroatoms. The summed E-state index contributed by atoms with van der Waals surface area (Å²) in [7, 11) is 3.50. The van der Waals surface area contributed by atoms with Crippen molar-refractivity contribution in [3.8, 4) is 0 Å². The second-order valence-corrected chi connectivity index (χ2v) is 4.77. The Kier molecular flexibility index (Phi) is 5.21. The Morgan fingerprint density at radius 2 is 1.82 bits per heavy atom. The Morgan fingerprint density at radius 3 is 2.29 bits per heavy atom. The summed E-state index contributed by atoms with van der Waals surface area (Å²) in [5.41, 5.74) is 2.60. The van der Waals surface area contributed by atoms with Gasteiger partial charge in [-0.2, -0.15) is 0 Å². The molecule has 1 rings (SSSR count). The zero-order chi connectivity index (χ0) is 12.8. The molecule has 6 nitrogen and oxygen atoms in total. The number of nitrogens with one attached hydrogen (secondary N) is 2. The number of hydrogen-bond acceptors (Lipinski definition) is 3. The Bertz CT molecular complexity index is 273. The van der Waals surface area contributed by atoms with Gasteiger partial charge in [-0.3, -0.25) is 10.2 Å². The van der Waals surface area contributed by atoms with Crippen molar-refractivity contribution in [3.05, 3.63) is 0 Å². The van der Waals surface area contributed by atoms with Gasteiger partial charge in [-0.15, -0.1) is 0 Å². The lowest BCUT2D eigenvalue weighted by molar-refractivity contribution is -0.143. The molecule has 0 saturated heterocycles. The number of hydrazine groups is 1. The predicted octanol–water partition coefficient (Wildman–Crippen LogP) is 0.653. The highest BCUT2D eigenvalue weighted by molar-refractivity contribution is 5.73. The summed E-state index contributed by atoms with van der Waals surface area (Å²) in [6.07, 6.45) is 3.19. The number of carbonyl (C=O) groups excluding carboxylic acids is 1. The highest BCUT2D eigenvalue weighted by Crippen LogP contribution is 2.28. The maximum absolute atomic E-state index is 11.3. The van der Waals surface area contributed by atoms with E-state index in [-0.39, 0.29) is 11.9 Å². The molecule has 0 aromatic carbocycles. The third-order valence-corrected chi connectivity index (χ3v) is 3.07. The van der Waals surface area contributed by atoms with E-state index in [0.29, 0.717) is 12.5 Å². The monoisotopic (exact) mass is 243 g/mol. The molecule has 1 aliphatic rings. The van der Waals surface area contributed by atoms with Crippen molar-refractivity contribution in [3.63, 3.8) is 0 Å². The number of hydrogen-bond donors (Lipinski definition) is 3. The maximum Gasteiger partial charge on any atom is 0.329 e. The van der Waals surface area contributed by atoms with Gasteiger partial charge in [-0.25, -0.2) is 9.80 Å². The fourth-order valence-electron chi connectivity index (χ4n) is 2.09. The van der Waals surface area contributed by atoms with Gasteiger partial charge in [0.15, 0.2) is 0 Å². The normalized spacial score (nSPS) is 24.4. The van der Waals surface area contributed by atoms with Crippen LogP contribution in [0.1, 0.15) is 25.7 Å². The van der Waals surface area contributed by atoms with Crippen LogP contribution in [0.2, 0.25) is 0 Å². The summed E-state index contributed by atoms with van der Waals surface area (Å²) < 4.78 is 0. The average Bonchev–Trinajstić information content (AvgIpc) is 2.26. The van der Waals surface area contributed by atoms with Crippen molar-refractivity contribution >= 4 is 12.0 Å². The fourth-order valence-corrected chi connectivity index (χ4v) is 2.09. The molecule has 2 amide bonds. The molecular formula is C11H21N3O3. The van der Waals surface area contributed by atoms with Crippen LogP contribution in [0.4, 0.5) is 4.79 Å². The molecule has 17 heavy (non-hydrogen) atoms. The van der Waals surface area contributed by atoms with E-state index < -0.39 is 5.97 Å². The van der Waals surface area contributed by atoms with Gasteiger partial charge in [0.05, 0.1) is 5.92 Å². The molecule has 0 radical (unpaired) electrons. The lowest BCUT2D eigenvalue weighted by Crippen LogP contribution is -2.45. The molecular weight excluding hydrogens is 222 g/mol. The summed E-state index contributed by atoms with van der Waals surface area (Å²) in [4.78, 5) is 22.1. The minimum absolute atomic E-state index is 0.193. The average molecular weight is 243 g/mol. The number of aliphatic carboxylic acids is 1. The zero-order valence-electron chi connectivity index (χ0n) is 10.4. The Morgan fingerprint density at radius 1 is 1.24 bits per heavy atom. The molecule has 1 saturated carbocycles. The SMILES string of the molecule is CN(C)NC(=O)NCC1CCC(C(=O)O)CC1. The molecule has 98 valence electrons. The van der Waals surface area contributed by atoms with E-state index >= 15 is 0 Å². The van der Waals surface area contributed by atoms with Crippen LogP contribution < -0.4 is 10.7 Å². The van der Waals surface area contributed by atoms with Crippen LogP contribution in [-0.4, -0.2) is 42.8 Å². The van der Waals surface area contributed by atoms with Gasteiger partial charge in [0.2, 0.25) is 0 Å². The molecule has 0 spiro atoms. The van der Waals surface area contributed by atoms with E-state index in [4.69, 9.17) is 5.11 Å². The number of urea groups is 1. The smallest absolute Gasteiger partial charge is 0.329 e. The molecule has 0 atom stereocenters. The van der Waals surface area contributed by atoms with Gasteiger partial charge in [-0.05, 0) is 31.6 Å². The molecule has 0 unspecified atom stereocenters. The molecule has 0 aromatic heterocycles. The van der Waals surface area contributed by atoms with Crippen molar-refractivity contribution in [2.45, 2.75) is 25.7 Å². The molecule has 3 N–H and O–H groups in total. The first-order chi connectivity index (χ1) is 7.99. The lowest BCUT2D eigenvalue weighted by Gasteiger charge is -2.26. The minimum atomic E-state index is -0.693. The second kappa shape index (κ2) is 6.44. The molecule has 0 aliphatic heterocycles. The third kappa shape index (κ3) is 5.04. The Balaban J connectivity index is 2.18. The van der Waals surface area contributed by atoms with Crippen LogP contribution in [0.3, 0.4) is 0 Å². The number of rotatable bonds is 4. The van der Waals surface area contributed by atoms with Gasteiger partial charge in [0.1, 0.15) is 0 Å². The van der Waals surface area contributed by atoms with E-state index in [1.54, 1.807) is 19.1 Å². The van der Waals surface area contributed by atoms with Gasteiger partial charge in [-0.1, -0.05) is 0 Å². The summed E-state index contributed by atoms with van der Waals surface area (Å²) in [6.45, 7) is 0.617. The van der Waals surface area contributed by atoms with E-state index in [1.807, 2.05) is 0 Å². The summed E-state index contributed by atoms with van der Waals surface area (Å²) >= 11 is 0. The highest BCUT2D eigenvalue weighted by Gasteiger charge is 2.25. The van der Waals surface area contributed by atoms with Crippen LogP contribution in [0, 0.1) is 11.8 Å². The molecule has 1 fully saturated rings. The van der Waals surface area contributed by atoms with E-state index in [2.05, 4.69) is 10.7 Å². The van der Waals surface area contributed by atoms with Crippen molar-refractivity contribution < 1.29 is 14.7 Å². The van der Waals surface area contributed by atoms with Crippen LogP contribution >= 0.6 is 0 Å². The first kappa shape index (κ1) is 13.8. The summed E-state index contributed by atoms with van der Waals surface area (Å²) in [6, 6.07) is -0.213. The van der Waals surface area contributed by atoms with Crippen LogP contribution in [0.25, 0.3) is 0 Å². The fraction of sp³-hybridized carbons (Fsp3) is 0.818. The minimum Gasteiger partial charge on any atom is -0.481 e. The topological polar surface area (TPSA) is 81.7 Å². The van der Waals surface area contributed by atoms with Crippen LogP contribution in [-0.2, 0) is 4.79 Å². The van der Waals surface area contributed by atoms with Crippen molar-refractivity contribution in [2.24, 2.45) is 11.8 Å². The lowest BCUT2D eigenvalue weighted by atomic mass is 9.82. The van der Waals surface area contributed by atoms with Gasteiger partial charge >= 0.3 is 12.0 Å². The second-order valence-electron chi connectivity index (χ2n) is 4.77. The van der Waals surface area contributed by atoms with E-state index in [9.17, 15) is 9.59 Å². The number of amides is 2. The first-order valence-corrected chi connectivity index (χ1v) is 5.93. The molecule has 0 heterocycles. The first-order valence-electron chi connectivity index (χ1n) is 5.93. The molecule has 0 aromatic rings. The summed E-state index contributed by atoms with van der Waals surface area (Å²) in [5.74, 6) is -0.484. The van der Waals surface area contributed by atoms with Crippen LogP contribution in [0.5, 0.6) is 0 Å². The van der Waals surface area contributed by atoms with Crippen LogP contribution in [0.15, 0.2) is 0 Å². The van der Waals surface area contributed by atoms with Crippen molar-refractivity contribution in [1.29, 1.82) is 0 Å². The largest absolute Gasteiger partial charge is 0.481 e. The maximum atomic E-state index is 11.3. The highest BCUT2D eigenvalue weighted by atomic mass is 16.4. The standard InChI is InChI=1S/C11H21N3O3/c1-14(2)13-11(17)12-7-8-3-5-9(6-4-8)10(15)16/h8-9H,3-7H2,1-2H3,(H,15,16)(H2,12,13,17). The van der Waals surface area contributed by atoms with Gasteiger partial charge in [0, 0.05) is 20.6 Å². The number of nitrogens with zero attached hydrogens (tertiary/aromatic N) is 1. The quantitative estimate of drug-likeness (QED) is 0.633. The molecule has 1 aliphatic carbocycles. The van der Waals surface area contributed by atoms with E-state index in [0.717, 1.165) is 25.7 Å². The van der Waals surface area contributed by atoms with E-state index in [1.165, 1.54) is 0 Å². The third-order valence-electron chi connectivity index (χ3n) is 3.07. The van der Waals surface area contributed by atoms with Crippen molar-refractivity contribution in [1.82, 2.24) is 15.8 Å². The number of carbonyl (C=O) groups is 2. The van der Waals surface area contributed by atoms with Crippen molar-refractivity contribution in [2.75, 3.05) is 20.6 Å². The van der Waals surface area contributed by atoms with Gasteiger partial charge < -0.3 is 10.4 Å². The number of carboxylic acids is 1. The van der Waals surface area contributed by atoms with Gasteiger partial charge in [0.25, 0.3) is 0 Å². The predicted molar refractivity (Wildman–Crippen MR) is 63.3 cm³/mol. The molecule has 0 bridgehead atoms. The Labute approximate surface area is 101 Å². The number of carboxylic acid groups (broad SMARTS) is 1. The summed E-state index contributed by atoms with van der Waals surface area (Å²) in [5, 5.41) is 13.2.